The minimum Gasteiger partial charge on any atom is -0.474 e. The van der Waals surface area contributed by atoms with Crippen LogP contribution in [0.4, 0.5) is 10.5 Å². The molecule has 8 rings (SSSR count). The van der Waals surface area contributed by atoms with Gasteiger partial charge in [-0.1, -0.05) is 74.5 Å². The average Bonchev–Trinajstić information content (AvgIpc) is 3.85. The Morgan fingerprint density at radius 2 is 1.89 bits per heavy atom. The molecule has 0 aliphatic carbocycles. The number of ether oxygens (including phenoxy) is 3. The molecule has 46 heavy (non-hydrogen) atoms. The van der Waals surface area contributed by atoms with Gasteiger partial charge in [-0.15, -0.1) is 0 Å². The molecule has 1 unspecified atom stereocenters. The van der Waals surface area contributed by atoms with E-state index in [9.17, 15) is 9.59 Å². The van der Waals surface area contributed by atoms with Crippen LogP contribution in [0.15, 0.2) is 82.2 Å². The fourth-order valence-corrected chi connectivity index (χ4v) is 6.83. The van der Waals surface area contributed by atoms with Crippen molar-refractivity contribution in [1.29, 1.82) is 0 Å². The molecule has 234 valence electrons. The molecule has 1 spiro atoms. The lowest BCUT2D eigenvalue weighted by Gasteiger charge is -2.28. The van der Waals surface area contributed by atoms with Crippen molar-refractivity contribution in [2.45, 2.75) is 50.6 Å². The second-order valence-electron chi connectivity index (χ2n) is 12.3. The van der Waals surface area contributed by atoms with Crippen LogP contribution in [0.1, 0.15) is 59.5 Å². The van der Waals surface area contributed by atoms with Gasteiger partial charge in [0.25, 0.3) is 0 Å². The van der Waals surface area contributed by atoms with Gasteiger partial charge in [0.15, 0.2) is 17.7 Å². The third-order valence-corrected chi connectivity index (χ3v) is 9.03. The number of alkyl carbamates (subject to hydrolysis) is 1. The highest BCUT2D eigenvalue weighted by molar-refractivity contribution is 5.95. The lowest BCUT2D eigenvalue weighted by atomic mass is 9.72. The van der Waals surface area contributed by atoms with Crippen LogP contribution in [0, 0.1) is 5.92 Å². The summed E-state index contributed by atoms with van der Waals surface area (Å²) in [5.74, 6) is 1.45. The number of para-hydroxylation sites is 1. The van der Waals surface area contributed by atoms with Gasteiger partial charge >= 0.3 is 6.09 Å². The molecule has 5 heterocycles. The van der Waals surface area contributed by atoms with Gasteiger partial charge in [0, 0.05) is 17.7 Å². The molecule has 11 heteroatoms. The summed E-state index contributed by atoms with van der Waals surface area (Å²) in [7, 11) is 0. The Hall–Kier alpha value is -5.32. The highest BCUT2D eigenvalue weighted by atomic mass is 16.5. The summed E-state index contributed by atoms with van der Waals surface area (Å²) in [6, 6.07) is 21.7. The number of fused-ring (bicyclic) bond motifs is 4. The number of anilines is 1. The second-order valence-corrected chi connectivity index (χ2v) is 12.3. The third-order valence-electron chi connectivity index (χ3n) is 9.03. The summed E-state index contributed by atoms with van der Waals surface area (Å²) < 4.78 is 24.9. The summed E-state index contributed by atoms with van der Waals surface area (Å²) in [4.78, 5) is 36.6. The van der Waals surface area contributed by atoms with E-state index in [0.29, 0.717) is 42.1 Å². The molecule has 3 aromatic carbocycles. The molecule has 4 aliphatic heterocycles. The number of aliphatic imine (C=N–C) groups is 1. The van der Waals surface area contributed by atoms with Gasteiger partial charge < -0.3 is 34.6 Å². The first-order chi connectivity index (χ1) is 22.4. The summed E-state index contributed by atoms with van der Waals surface area (Å²) >= 11 is 0. The van der Waals surface area contributed by atoms with Crippen LogP contribution >= 0.6 is 0 Å². The van der Waals surface area contributed by atoms with Crippen LogP contribution in [0.5, 0.6) is 5.75 Å². The van der Waals surface area contributed by atoms with Crippen molar-refractivity contribution >= 4 is 23.6 Å². The first-order valence-corrected chi connectivity index (χ1v) is 15.5. The van der Waals surface area contributed by atoms with E-state index in [-0.39, 0.29) is 24.9 Å². The summed E-state index contributed by atoms with van der Waals surface area (Å²) in [6.45, 7) is 4.99. The molecule has 4 bridgehead atoms. The molecule has 2 amide bonds. The maximum Gasteiger partial charge on any atom is 0.408 e. The van der Waals surface area contributed by atoms with Crippen LogP contribution < -0.4 is 20.7 Å². The zero-order chi connectivity index (χ0) is 31.4. The maximum atomic E-state index is 14.0. The van der Waals surface area contributed by atoms with Crippen molar-refractivity contribution in [2.75, 3.05) is 18.5 Å². The maximum absolute atomic E-state index is 14.0. The molecule has 4 aliphatic rings. The molecular weight excluding hydrogens is 586 g/mol. The van der Waals surface area contributed by atoms with Crippen LogP contribution in [0.25, 0.3) is 0 Å². The number of oxazole rings is 1. The molecule has 0 saturated heterocycles. The van der Waals surface area contributed by atoms with E-state index in [1.54, 1.807) is 0 Å². The van der Waals surface area contributed by atoms with E-state index in [1.807, 2.05) is 80.6 Å². The van der Waals surface area contributed by atoms with Crippen molar-refractivity contribution in [3.05, 3.63) is 112 Å². The van der Waals surface area contributed by atoms with E-state index in [2.05, 4.69) is 27.0 Å². The van der Waals surface area contributed by atoms with Gasteiger partial charge in [0.1, 0.15) is 36.5 Å². The van der Waals surface area contributed by atoms with Crippen LogP contribution in [-0.2, 0) is 32.7 Å². The highest BCUT2D eigenvalue weighted by Gasteiger charge is 2.61. The van der Waals surface area contributed by atoms with Gasteiger partial charge in [-0.2, -0.15) is 0 Å². The van der Waals surface area contributed by atoms with E-state index >= 15 is 0 Å². The standard InChI is InChI=1S/C35H33N5O6/c1-19(2)27-32-40-28(31-36-14-15-43-31)29(46-32)35-22-10-6-7-11-24(22)37-33(35)45-26-13-12-21(16-23(26)35)17-25(30(41)39-27)38-34(42)44-18-20-8-4-3-5-9-20/h3-13,16,19,25,27,33,37H,14-15,17-18H2,1-2H3,(H,38,42)(H,39,41)/t25-,27-,33-,35?/m0/s1. The van der Waals surface area contributed by atoms with Gasteiger partial charge in [-0.3, -0.25) is 4.79 Å². The lowest BCUT2D eigenvalue weighted by Crippen LogP contribution is -2.49. The summed E-state index contributed by atoms with van der Waals surface area (Å²) in [5, 5.41) is 9.49. The lowest BCUT2D eigenvalue weighted by molar-refractivity contribution is -0.124. The topological polar surface area (TPSA) is 136 Å². The molecule has 11 nitrogen and oxygen atoms in total. The van der Waals surface area contributed by atoms with E-state index in [4.69, 9.17) is 23.6 Å². The zero-order valence-corrected chi connectivity index (χ0v) is 25.4. The predicted molar refractivity (Wildman–Crippen MR) is 168 cm³/mol. The van der Waals surface area contributed by atoms with Crippen molar-refractivity contribution in [2.24, 2.45) is 10.9 Å². The first-order valence-electron chi connectivity index (χ1n) is 15.5. The third kappa shape index (κ3) is 4.48. The number of rotatable bonds is 5. The number of amides is 2. The van der Waals surface area contributed by atoms with Crippen molar-refractivity contribution in [1.82, 2.24) is 15.6 Å². The SMILES string of the molecule is CC(C)[C@@H]1NC(=O)[C@@H](NC(=O)OCc2ccccc2)Cc2ccc3c(c2)C2(c4ccccc4N[C@H]2O3)c2oc1nc2C1=NCCO1. The zero-order valence-electron chi connectivity index (χ0n) is 25.4. The Balaban J connectivity index is 1.26. The van der Waals surface area contributed by atoms with Gasteiger partial charge in [-0.25, -0.2) is 14.8 Å². The molecule has 1 aromatic heterocycles. The largest absolute Gasteiger partial charge is 0.474 e. The number of carbonyl (C=O) groups excluding carboxylic acids is 2. The van der Waals surface area contributed by atoms with Crippen LogP contribution in [-0.4, -0.2) is 48.3 Å². The second kappa shape index (κ2) is 10.9. The number of aromatic nitrogens is 1. The Labute approximate surface area is 265 Å². The smallest absolute Gasteiger partial charge is 0.408 e. The van der Waals surface area contributed by atoms with Gasteiger partial charge in [0.05, 0.1) is 6.54 Å². The number of nitrogens with zero attached hydrogens (tertiary/aromatic N) is 2. The van der Waals surface area contributed by atoms with Crippen molar-refractivity contribution < 1.29 is 28.2 Å². The monoisotopic (exact) mass is 619 g/mol. The molecule has 0 saturated carbocycles. The quantitative estimate of drug-likeness (QED) is 0.295. The Morgan fingerprint density at radius 3 is 2.70 bits per heavy atom. The van der Waals surface area contributed by atoms with Crippen molar-refractivity contribution in [3.8, 4) is 5.75 Å². The van der Waals surface area contributed by atoms with Crippen molar-refractivity contribution in [3.63, 3.8) is 0 Å². The predicted octanol–water partition coefficient (Wildman–Crippen LogP) is 4.59. The Bertz CT molecular complexity index is 1870. The summed E-state index contributed by atoms with van der Waals surface area (Å²) in [5.41, 5.74) is 3.98. The number of hydrogen-bond acceptors (Lipinski definition) is 9. The Morgan fingerprint density at radius 1 is 1.07 bits per heavy atom. The molecule has 4 aromatic rings. The van der Waals surface area contributed by atoms with Gasteiger partial charge in [-0.05, 0) is 34.7 Å². The fraction of sp³-hybridized carbons (Fsp3) is 0.314. The van der Waals surface area contributed by atoms with Crippen LogP contribution in [0.3, 0.4) is 0 Å². The van der Waals surface area contributed by atoms with E-state index < -0.39 is 29.8 Å². The minimum absolute atomic E-state index is 0.0793. The molecule has 0 radical (unpaired) electrons. The first kappa shape index (κ1) is 28.2. The average molecular weight is 620 g/mol. The highest BCUT2D eigenvalue weighted by Crippen LogP contribution is 2.58. The molecule has 0 fully saturated rings. The number of hydrogen-bond donors (Lipinski definition) is 3. The molecule has 3 N–H and O–H groups in total. The molecular formula is C35H33N5O6. The minimum atomic E-state index is -0.943. The van der Waals surface area contributed by atoms with Crippen LogP contribution in [0.2, 0.25) is 0 Å². The number of nitrogens with one attached hydrogen (secondary N) is 3. The Kier molecular flexibility index (Phi) is 6.70. The number of benzene rings is 3. The van der Waals surface area contributed by atoms with E-state index in [0.717, 1.165) is 27.9 Å². The number of carbonyl (C=O) groups is 2. The molecule has 4 atom stereocenters. The summed E-state index contributed by atoms with van der Waals surface area (Å²) in [6.07, 6.45) is -1.01. The van der Waals surface area contributed by atoms with Gasteiger partial charge in [0.2, 0.25) is 17.7 Å². The normalized spacial score (nSPS) is 23.8. The van der Waals surface area contributed by atoms with E-state index in [1.165, 1.54) is 0 Å². The fourth-order valence-electron chi connectivity index (χ4n) is 6.83.